The number of allylic oxidation sites excluding steroid dienone is 13. The lowest BCUT2D eigenvalue weighted by atomic mass is 10.0. The SMILES string of the molecule is CCCCC/C=C\C/C=C\C/C=C\C/C=C\CCCCCCCCCCCCCC(=O)OC(/C=C/CCCCCCCCCCC)C(COP(=O)(O)OCC[N+](C)(C)C)NC(=O)CCCCCCCCCCCCCCC/C=C\C/C=C\CCCCC. The first-order valence-corrected chi connectivity index (χ1v) is 38.4. The fourth-order valence-corrected chi connectivity index (χ4v) is 11.3. The van der Waals surface area contributed by atoms with Gasteiger partial charge in [-0.3, -0.25) is 18.6 Å². The van der Waals surface area contributed by atoms with Gasteiger partial charge >= 0.3 is 13.8 Å². The van der Waals surface area contributed by atoms with Crippen LogP contribution < -0.4 is 5.32 Å². The first-order valence-electron chi connectivity index (χ1n) is 36.9. The second kappa shape index (κ2) is 66.1. The number of likely N-dealkylation sites (N-methyl/N-ethyl adjacent to an activating group) is 1. The van der Waals surface area contributed by atoms with Gasteiger partial charge < -0.3 is 19.4 Å². The van der Waals surface area contributed by atoms with Crippen LogP contribution in [0.1, 0.15) is 342 Å². The van der Waals surface area contributed by atoms with E-state index in [1.54, 1.807) is 0 Å². The van der Waals surface area contributed by atoms with Gasteiger partial charge in [0.05, 0.1) is 33.8 Å². The number of ether oxygens (including phenoxy) is 1. The number of unbranched alkanes of at least 4 members (excludes halogenated alkanes) is 39. The van der Waals surface area contributed by atoms with Gasteiger partial charge in [-0.05, 0) is 109 Å². The molecule has 0 fully saturated rings. The molecule has 506 valence electrons. The third-order valence-electron chi connectivity index (χ3n) is 16.3. The minimum atomic E-state index is -4.46. The molecule has 0 aliphatic carbocycles. The fraction of sp³-hybridized carbons (Fsp3) is 0.792. The Morgan fingerprint density at radius 1 is 0.402 bits per heavy atom. The molecule has 2 N–H and O–H groups in total. The topological polar surface area (TPSA) is 111 Å². The zero-order valence-electron chi connectivity index (χ0n) is 58.0. The number of nitrogens with zero attached hydrogens (tertiary/aromatic N) is 1. The quantitative estimate of drug-likeness (QED) is 0.0205. The van der Waals surface area contributed by atoms with Gasteiger partial charge in [0.1, 0.15) is 19.3 Å². The first-order chi connectivity index (χ1) is 42.4. The molecule has 1 amide bonds. The third-order valence-corrected chi connectivity index (χ3v) is 17.3. The van der Waals surface area contributed by atoms with Crippen molar-refractivity contribution in [2.45, 2.75) is 354 Å². The highest BCUT2D eigenvalue weighted by molar-refractivity contribution is 7.47. The molecular weight excluding hydrogens is 1100 g/mol. The van der Waals surface area contributed by atoms with Crippen molar-refractivity contribution in [3.63, 3.8) is 0 Å². The van der Waals surface area contributed by atoms with Crippen molar-refractivity contribution >= 4 is 19.7 Å². The van der Waals surface area contributed by atoms with Crippen LogP contribution in [0.25, 0.3) is 0 Å². The lowest BCUT2D eigenvalue weighted by molar-refractivity contribution is -0.870. The second-order valence-corrected chi connectivity index (χ2v) is 27.6. The molecule has 9 nitrogen and oxygen atoms in total. The Morgan fingerprint density at radius 3 is 1.07 bits per heavy atom. The summed E-state index contributed by atoms with van der Waals surface area (Å²) < 4.78 is 30.8. The van der Waals surface area contributed by atoms with Crippen LogP contribution in [0.2, 0.25) is 0 Å². The number of hydrogen-bond donors (Lipinski definition) is 2. The lowest BCUT2D eigenvalue weighted by Gasteiger charge is -2.27. The molecule has 0 aromatic heterocycles. The van der Waals surface area contributed by atoms with Crippen molar-refractivity contribution in [1.29, 1.82) is 0 Å². The van der Waals surface area contributed by atoms with E-state index in [-0.39, 0.29) is 31.5 Å². The summed E-state index contributed by atoms with van der Waals surface area (Å²) in [6.45, 7) is 6.99. The molecule has 0 aliphatic rings. The molecule has 0 rings (SSSR count). The molecule has 10 heteroatoms. The van der Waals surface area contributed by atoms with Gasteiger partial charge in [-0.25, -0.2) is 4.57 Å². The normalized spacial score (nSPS) is 14.0. The Kier molecular flexibility index (Phi) is 64.0. The molecule has 0 saturated heterocycles. The summed E-state index contributed by atoms with van der Waals surface area (Å²) in [7, 11) is 1.50. The zero-order valence-corrected chi connectivity index (χ0v) is 58.9. The van der Waals surface area contributed by atoms with Gasteiger partial charge in [0.25, 0.3) is 0 Å². The number of quaternary nitrogens is 1. The van der Waals surface area contributed by atoms with Crippen molar-refractivity contribution in [1.82, 2.24) is 5.32 Å². The number of phosphoric acid groups is 1. The minimum absolute atomic E-state index is 0.0379. The molecule has 0 heterocycles. The van der Waals surface area contributed by atoms with Crippen molar-refractivity contribution in [2.24, 2.45) is 0 Å². The summed E-state index contributed by atoms with van der Waals surface area (Å²) in [6, 6.07) is -0.854. The highest BCUT2D eigenvalue weighted by Crippen LogP contribution is 2.43. The molecule has 0 bridgehead atoms. The van der Waals surface area contributed by atoms with Gasteiger partial charge in [0, 0.05) is 12.8 Å². The Labute approximate surface area is 539 Å². The van der Waals surface area contributed by atoms with E-state index in [2.05, 4.69) is 99.0 Å². The van der Waals surface area contributed by atoms with Gasteiger partial charge in [-0.2, -0.15) is 0 Å². The maximum absolute atomic E-state index is 13.6. The number of nitrogens with one attached hydrogen (secondary N) is 1. The lowest BCUT2D eigenvalue weighted by Crippen LogP contribution is -2.47. The van der Waals surface area contributed by atoms with Crippen molar-refractivity contribution in [3.8, 4) is 0 Å². The summed E-state index contributed by atoms with van der Waals surface area (Å²) >= 11 is 0. The fourth-order valence-electron chi connectivity index (χ4n) is 10.6. The van der Waals surface area contributed by atoms with E-state index < -0.39 is 20.0 Å². The van der Waals surface area contributed by atoms with Crippen LogP contribution in [-0.2, 0) is 27.9 Å². The summed E-state index contributed by atoms with van der Waals surface area (Å²) in [5, 5.41) is 3.07. The molecule has 0 radical (unpaired) electrons. The van der Waals surface area contributed by atoms with E-state index in [1.807, 2.05) is 33.3 Å². The Hall–Kier alpha value is -2.81. The molecule has 0 aromatic rings. The molecule has 3 unspecified atom stereocenters. The molecule has 0 aromatic carbocycles. The average Bonchev–Trinajstić information content (AvgIpc) is 3.70. The van der Waals surface area contributed by atoms with Gasteiger partial charge in [0.15, 0.2) is 0 Å². The number of phosphoric ester groups is 1. The Morgan fingerprint density at radius 2 is 0.701 bits per heavy atom. The summed E-state index contributed by atoms with van der Waals surface area (Å²) in [4.78, 5) is 37.9. The molecule has 0 aliphatic heterocycles. The average molecular weight is 1240 g/mol. The van der Waals surface area contributed by atoms with Crippen LogP contribution in [0.15, 0.2) is 85.1 Å². The van der Waals surface area contributed by atoms with Crippen molar-refractivity contribution in [3.05, 3.63) is 85.1 Å². The highest BCUT2D eigenvalue weighted by atomic mass is 31.2. The molecule has 0 saturated carbocycles. The van der Waals surface area contributed by atoms with E-state index in [9.17, 15) is 19.0 Å². The molecular formula is C77H142N2O7P+. The number of esters is 1. The molecule has 3 atom stereocenters. The molecule has 0 spiro atoms. The summed E-state index contributed by atoms with van der Waals surface area (Å²) in [6.07, 6.45) is 88.8. The number of carbonyl (C=O) groups is 2. The highest BCUT2D eigenvalue weighted by Gasteiger charge is 2.30. The van der Waals surface area contributed by atoms with Crippen LogP contribution in [0, 0.1) is 0 Å². The maximum atomic E-state index is 13.6. The van der Waals surface area contributed by atoms with Crippen LogP contribution in [0.4, 0.5) is 0 Å². The van der Waals surface area contributed by atoms with Gasteiger partial charge in [0.2, 0.25) is 5.91 Å². The standard InChI is InChI=1S/C77H141N2O7P/c1-7-10-13-16-19-22-25-27-29-31-33-35-37-38-39-40-42-44-46-48-50-52-55-58-61-64-67-70-77(81)86-75(68-65-62-59-56-53-24-21-18-15-12-9-3)74(73-85-87(82,83)84-72-71-79(4,5)6)78-76(80)69-66-63-60-57-54-51-49-47-45-43-41-36-34-32-30-28-26-23-20-17-14-11-8-2/h19-20,22-23,27-30,33,35,38-39,65,68,74-75H,7-18,21,24-26,31-32,34,36-37,40-64,66-67,69-73H2,1-6H3,(H-,78,80,82,83)/p+1/b22-19-,23-20-,29-27-,30-28-,35-33-,39-38-,68-65+. The Balaban J connectivity index is 4.98. The number of carbonyl (C=O) groups excluding carboxylic acids is 2. The number of hydrogen-bond acceptors (Lipinski definition) is 6. The number of rotatable bonds is 67. The summed E-state index contributed by atoms with van der Waals surface area (Å²) in [5.74, 6) is -0.501. The predicted octanol–water partition coefficient (Wildman–Crippen LogP) is 23.7. The number of amides is 1. The third kappa shape index (κ3) is 67.4. The van der Waals surface area contributed by atoms with Crippen LogP contribution >= 0.6 is 7.82 Å². The van der Waals surface area contributed by atoms with Crippen LogP contribution in [0.5, 0.6) is 0 Å². The van der Waals surface area contributed by atoms with E-state index >= 15 is 0 Å². The monoisotopic (exact) mass is 1240 g/mol. The predicted molar refractivity (Wildman–Crippen MR) is 378 cm³/mol. The van der Waals surface area contributed by atoms with Crippen molar-refractivity contribution < 1.29 is 37.3 Å². The van der Waals surface area contributed by atoms with Crippen molar-refractivity contribution in [2.75, 3.05) is 40.9 Å². The first kappa shape index (κ1) is 84.2. The maximum Gasteiger partial charge on any atom is 0.472 e. The van der Waals surface area contributed by atoms with E-state index in [0.717, 1.165) is 83.5 Å². The van der Waals surface area contributed by atoms with Crippen LogP contribution in [-0.4, -0.2) is 74.3 Å². The molecule has 87 heavy (non-hydrogen) atoms. The second-order valence-electron chi connectivity index (χ2n) is 26.1. The van der Waals surface area contributed by atoms with E-state index in [1.165, 1.54) is 225 Å². The zero-order chi connectivity index (χ0) is 63.5. The van der Waals surface area contributed by atoms with Gasteiger partial charge in [-0.1, -0.05) is 305 Å². The largest absolute Gasteiger partial charge is 0.472 e. The van der Waals surface area contributed by atoms with Gasteiger partial charge in [-0.15, -0.1) is 0 Å². The minimum Gasteiger partial charge on any atom is -0.456 e. The summed E-state index contributed by atoms with van der Waals surface area (Å²) in [5.41, 5.74) is 0. The van der Waals surface area contributed by atoms with Crippen LogP contribution in [0.3, 0.4) is 0 Å². The van der Waals surface area contributed by atoms with E-state index in [4.69, 9.17) is 13.8 Å². The smallest absolute Gasteiger partial charge is 0.456 e. The van der Waals surface area contributed by atoms with E-state index in [0.29, 0.717) is 17.4 Å². The Bertz CT molecular complexity index is 1760.